The zero-order chi connectivity index (χ0) is 11.8. The van der Waals surface area contributed by atoms with Gasteiger partial charge >= 0.3 is 0 Å². The molecule has 0 aromatic rings. The Bertz CT molecular complexity index is 254. The molecular formula is C15H28N2. The van der Waals surface area contributed by atoms with Crippen LogP contribution in [0.25, 0.3) is 0 Å². The minimum absolute atomic E-state index is 0.839. The van der Waals surface area contributed by atoms with Gasteiger partial charge in [0.2, 0.25) is 0 Å². The number of rotatable bonds is 3. The van der Waals surface area contributed by atoms with E-state index in [0.717, 1.165) is 30.1 Å². The molecule has 0 spiro atoms. The highest BCUT2D eigenvalue weighted by Gasteiger charge is 2.38. The third-order valence-corrected chi connectivity index (χ3v) is 5.42. The van der Waals surface area contributed by atoms with Gasteiger partial charge in [-0.25, -0.2) is 0 Å². The average molecular weight is 236 g/mol. The molecule has 2 heteroatoms. The number of hydrogen-bond donors (Lipinski definition) is 1. The van der Waals surface area contributed by atoms with Crippen LogP contribution in [0.15, 0.2) is 0 Å². The van der Waals surface area contributed by atoms with E-state index in [4.69, 9.17) is 0 Å². The first-order valence-electron chi connectivity index (χ1n) is 7.78. The number of fused-ring (bicyclic) bond motifs is 2. The first kappa shape index (κ1) is 12.0. The maximum atomic E-state index is 3.77. The number of nitrogens with one attached hydrogen (secondary N) is 1. The lowest BCUT2D eigenvalue weighted by atomic mass is 9.96. The molecule has 98 valence electrons. The van der Waals surface area contributed by atoms with Gasteiger partial charge in [0.05, 0.1) is 0 Å². The fraction of sp³-hybridized carbons (Fsp3) is 1.00. The highest BCUT2D eigenvalue weighted by Crippen LogP contribution is 2.35. The van der Waals surface area contributed by atoms with Crippen LogP contribution >= 0.6 is 0 Å². The summed E-state index contributed by atoms with van der Waals surface area (Å²) < 4.78 is 0. The minimum Gasteiger partial charge on any atom is -0.311 e. The molecule has 3 fully saturated rings. The van der Waals surface area contributed by atoms with Crippen LogP contribution in [0, 0.1) is 5.92 Å². The van der Waals surface area contributed by atoms with Gasteiger partial charge in [-0.05, 0) is 57.4 Å². The minimum atomic E-state index is 0.839. The molecule has 0 aromatic heterocycles. The van der Waals surface area contributed by atoms with Gasteiger partial charge in [-0.15, -0.1) is 0 Å². The van der Waals surface area contributed by atoms with Crippen LogP contribution in [0.3, 0.4) is 0 Å². The van der Waals surface area contributed by atoms with Crippen LogP contribution in [0.1, 0.15) is 58.8 Å². The SMILES string of the molecule is CCN(C1CCC(C)C1)C1CC2CCC(C1)N2. The lowest BCUT2D eigenvalue weighted by Crippen LogP contribution is -2.51. The molecular weight excluding hydrogens is 208 g/mol. The maximum Gasteiger partial charge on any atom is 0.0128 e. The van der Waals surface area contributed by atoms with Crippen LogP contribution in [0.4, 0.5) is 0 Å². The Hall–Kier alpha value is -0.0800. The van der Waals surface area contributed by atoms with E-state index >= 15 is 0 Å². The molecule has 3 rings (SSSR count). The Morgan fingerprint density at radius 3 is 2.18 bits per heavy atom. The molecule has 4 atom stereocenters. The zero-order valence-corrected chi connectivity index (χ0v) is 11.5. The van der Waals surface area contributed by atoms with Gasteiger partial charge in [-0.1, -0.05) is 13.8 Å². The van der Waals surface area contributed by atoms with Gasteiger partial charge < -0.3 is 5.32 Å². The van der Waals surface area contributed by atoms with Gasteiger partial charge in [0.25, 0.3) is 0 Å². The summed E-state index contributed by atoms with van der Waals surface area (Å²) in [4.78, 5) is 2.86. The Morgan fingerprint density at radius 1 is 0.941 bits per heavy atom. The van der Waals surface area contributed by atoms with Crippen molar-refractivity contribution in [2.24, 2.45) is 5.92 Å². The van der Waals surface area contributed by atoms with Gasteiger partial charge in [-0.3, -0.25) is 4.90 Å². The Morgan fingerprint density at radius 2 is 1.65 bits per heavy atom. The molecule has 3 aliphatic rings. The Balaban J connectivity index is 1.64. The van der Waals surface area contributed by atoms with E-state index in [0.29, 0.717) is 0 Å². The molecule has 0 aromatic carbocycles. The second-order valence-electron chi connectivity index (χ2n) is 6.67. The number of piperidine rings is 1. The summed E-state index contributed by atoms with van der Waals surface area (Å²) in [5.74, 6) is 0.965. The van der Waals surface area contributed by atoms with Crippen molar-refractivity contribution in [1.29, 1.82) is 0 Å². The molecule has 1 aliphatic carbocycles. The predicted molar refractivity (Wildman–Crippen MR) is 72.2 cm³/mol. The standard InChI is InChI=1S/C15H28N2/c1-3-17(14-7-4-11(2)8-14)15-9-12-5-6-13(10-15)16-12/h11-16H,3-10H2,1-2H3. The summed E-state index contributed by atoms with van der Waals surface area (Å²) in [5.41, 5.74) is 0. The quantitative estimate of drug-likeness (QED) is 0.810. The van der Waals surface area contributed by atoms with Crippen molar-refractivity contribution in [3.8, 4) is 0 Å². The molecule has 2 aliphatic heterocycles. The molecule has 2 saturated heterocycles. The van der Waals surface area contributed by atoms with E-state index in [1.54, 1.807) is 0 Å². The third-order valence-electron chi connectivity index (χ3n) is 5.42. The summed E-state index contributed by atoms with van der Waals surface area (Å²) in [5, 5.41) is 3.77. The van der Waals surface area contributed by atoms with Gasteiger partial charge in [0.15, 0.2) is 0 Å². The average Bonchev–Trinajstić information content (AvgIpc) is 2.87. The highest BCUT2D eigenvalue weighted by atomic mass is 15.2. The number of hydrogen-bond acceptors (Lipinski definition) is 2. The van der Waals surface area contributed by atoms with Crippen molar-refractivity contribution < 1.29 is 0 Å². The van der Waals surface area contributed by atoms with E-state index in [1.807, 2.05) is 0 Å². The molecule has 2 heterocycles. The highest BCUT2D eigenvalue weighted by molar-refractivity contribution is 4.97. The van der Waals surface area contributed by atoms with Crippen molar-refractivity contribution in [2.75, 3.05) is 6.54 Å². The van der Waals surface area contributed by atoms with Crippen molar-refractivity contribution in [2.45, 2.75) is 83.0 Å². The van der Waals surface area contributed by atoms with Crippen molar-refractivity contribution in [3.63, 3.8) is 0 Å². The fourth-order valence-electron chi connectivity index (χ4n) is 4.59. The number of nitrogens with zero attached hydrogens (tertiary/aromatic N) is 1. The summed E-state index contributed by atoms with van der Waals surface area (Å²) in [6.07, 6.45) is 10.0. The summed E-state index contributed by atoms with van der Waals surface area (Å²) in [7, 11) is 0. The van der Waals surface area contributed by atoms with Crippen molar-refractivity contribution in [1.82, 2.24) is 10.2 Å². The second-order valence-corrected chi connectivity index (χ2v) is 6.67. The van der Waals surface area contributed by atoms with Crippen LogP contribution in [-0.2, 0) is 0 Å². The lowest BCUT2D eigenvalue weighted by Gasteiger charge is -2.40. The van der Waals surface area contributed by atoms with E-state index in [2.05, 4.69) is 24.1 Å². The summed E-state index contributed by atoms with van der Waals surface area (Å²) in [6.45, 7) is 6.06. The molecule has 1 N–H and O–H groups in total. The summed E-state index contributed by atoms with van der Waals surface area (Å²) in [6, 6.07) is 3.46. The first-order chi connectivity index (χ1) is 8.26. The molecule has 4 unspecified atom stereocenters. The predicted octanol–water partition coefficient (Wildman–Crippen LogP) is 2.78. The van der Waals surface area contributed by atoms with E-state index in [-0.39, 0.29) is 0 Å². The Labute approximate surface area is 106 Å². The van der Waals surface area contributed by atoms with E-state index in [1.165, 1.54) is 51.5 Å². The first-order valence-corrected chi connectivity index (χ1v) is 7.78. The van der Waals surface area contributed by atoms with Gasteiger partial charge in [-0.2, -0.15) is 0 Å². The van der Waals surface area contributed by atoms with Crippen molar-refractivity contribution >= 4 is 0 Å². The monoisotopic (exact) mass is 236 g/mol. The normalized spacial score (nSPS) is 45.7. The van der Waals surface area contributed by atoms with Crippen LogP contribution in [0.2, 0.25) is 0 Å². The van der Waals surface area contributed by atoms with Crippen molar-refractivity contribution in [3.05, 3.63) is 0 Å². The maximum absolute atomic E-state index is 3.77. The molecule has 2 nitrogen and oxygen atoms in total. The molecule has 0 radical (unpaired) electrons. The molecule has 17 heavy (non-hydrogen) atoms. The molecule has 0 amide bonds. The largest absolute Gasteiger partial charge is 0.311 e. The van der Waals surface area contributed by atoms with E-state index < -0.39 is 0 Å². The van der Waals surface area contributed by atoms with Gasteiger partial charge in [0.1, 0.15) is 0 Å². The smallest absolute Gasteiger partial charge is 0.0128 e. The fourth-order valence-corrected chi connectivity index (χ4v) is 4.59. The second kappa shape index (κ2) is 4.89. The van der Waals surface area contributed by atoms with E-state index in [9.17, 15) is 0 Å². The van der Waals surface area contributed by atoms with Crippen LogP contribution < -0.4 is 5.32 Å². The third kappa shape index (κ3) is 2.39. The Kier molecular flexibility index (Phi) is 3.45. The topological polar surface area (TPSA) is 15.3 Å². The van der Waals surface area contributed by atoms with Gasteiger partial charge in [0, 0.05) is 24.2 Å². The molecule has 1 saturated carbocycles. The zero-order valence-electron chi connectivity index (χ0n) is 11.5. The van der Waals surface area contributed by atoms with Crippen LogP contribution in [-0.4, -0.2) is 35.6 Å². The lowest BCUT2D eigenvalue weighted by molar-refractivity contribution is 0.100. The molecule has 2 bridgehead atoms. The van der Waals surface area contributed by atoms with Crippen LogP contribution in [0.5, 0.6) is 0 Å². The summed E-state index contributed by atoms with van der Waals surface area (Å²) >= 11 is 0.